The summed E-state index contributed by atoms with van der Waals surface area (Å²) in [5, 5.41) is 4.21. The molecule has 0 spiro atoms. The number of pyridine rings is 1. The first-order chi connectivity index (χ1) is 7.86. The monoisotopic (exact) mass is 238 g/mol. The Kier molecular flexibility index (Phi) is 4.48. The summed E-state index contributed by atoms with van der Waals surface area (Å²) in [5.74, 6) is 1.31. The van der Waals surface area contributed by atoms with Gasteiger partial charge in [-0.05, 0) is 24.7 Å². The Morgan fingerprint density at radius 1 is 1.50 bits per heavy atom. The fraction of sp³-hybridized carbons (Fsp3) is 0.583. The van der Waals surface area contributed by atoms with Gasteiger partial charge in [0.2, 0.25) is 0 Å². The van der Waals surface area contributed by atoms with Crippen LogP contribution in [0.2, 0.25) is 0 Å². The first kappa shape index (κ1) is 11.7. The molecule has 0 saturated carbocycles. The lowest BCUT2D eigenvalue weighted by atomic mass is 10.2. The minimum absolute atomic E-state index is 0.0829. The molecule has 0 aromatic carbocycles. The van der Waals surface area contributed by atoms with Crippen LogP contribution in [0.3, 0.4) is 0 Å². The zero-order valence-electron chi connectivity index (χ0n) is 9.39. The van der Waals surface area contributed by atoms with E-state index < -0.39 is 0 Å². The van der Waals surface area contributed by atoms with E-state index in [-0.39, 0.29) is 5.56 Å². The average Bonchev–Trinajstić information content (AvgIpc) is 2.79. The fourth-order valence-corrected chi connectivity index (χ4v) is 3.15. The molecule has 1 atom stereocenters. The molecule has 1 unspecified atom stereocenters. The van der Waals surface area contributed by atoms with Crippen LogP contribution < -0.4 is 10.9 Å². The third kappa shape index (κ3) is 3.39. The highest BCUT2D eigenvalue weighted by molar-refractivity contribution is 8.00. The van der Waals surface area contributed by atoms with E-state index in [1.54, 1.807) is 16.7 Å². The standard InChI is InChI=1S/C12H18N2OS/c15-12-5-1-2-7-14(12)8-6-13-10-11-4-3-9-16-11/h1-2,5,7,11,13H,3-4,6,8-10H2. The van der Waals surface area contributed by atoms with Crippen LogP contribution in [0.1, 0.15) is 12.8 Å². The number of nitrogens with one attached hydrogen (secondary N) is 1. The van der Waals surface area contributed by atoms with E-state index in [4.69, 9.17) is 0 Å². The maximum absolute atomic E-state index is 11.4. The molecule has 3 nitrogen and oxygen atoms in total. The number of aromatic nitrogens is 1. The maximum atomic E-state index is 11.4. The van der Waals surface area contributed by atoms with Crippen LogP contribution in [0, 0.1) is 0 Å². The molecule has 2 rings (SSSR count). The molecule has 1 fully saturated rings. The normalized spacial score (nSPS) is 20.1. The molecule has 1 aliphatic heterocycles. The molecule has 0 bridgehead atoms. The number of thioether (sulfide) groups is 1. The van der Waals surface area contributed by atoms with Crippen LogP contribution in [0.4, 0.5) is 0 Å². The molecule has 0 radical (unpaired) electrons. The minimum atomic E-state index is 0.0829. The van der Waals surface area contributed by atoms with Crippen molar-refractivity contribution in [2.45, 2.75) is 24.6 Å². The van der Waals surface area contributed by atoms with Gasteiger partial charge in [-0.1, -0.05) is 6.07 Å². The summed E-state index contributed by atoms with van der Waals surface area (Å²) in [6.07, 6.45) is 4.53. The van der Waals surface area contributed by atoms with E-state index >= 15 is 0 Å². The average molecular weight is 238 g/mol. The Balaban J connectivity index is 1.68. The van der Waals surface area contributed by atoms with Crippen LogP contribution in [0.5, 0.6) is 0 Å². The molecular weight excluding hydrogens is 220 g/mol. The van der Waals surface area contributed by atoms with Gasteiger partial charge in [-0.25, -0.2) is 0 Å². The molecule has 2 heterocycles. The number of hydrogen-bond acceptors (Lipinski definition) is 3. The number of hydrogen-bond donors (Lipinski definition) is 1. The molecular formula is C12H18N2OS. The smallest absolute Gasteiger partial charge is 0.250 e. The summed E-state index contributed by atoms with van der Waals surface area (Å²) in [7, 11) is 0. The summed E-state index contributed by atoms with van der Waals surface area (Å²) in [4.78, 5) is 11.4. The van der Waals surface area contributed by atoms with E-state index in [2.05, 4.69) is 17.1 Å². The van der Waals surface area contributed by atoms with Gasteiger partial charge in [0.05, 0.1) is 0 Å². The van der Waals surface area contributed by atoms with Gasteiger partial charge in [0, 0.05) is 37.1 Å². The lowest BCUT2D eigenvalue weighted by molar-refractivity contribution is 0.574. The van der Waals surface area contributed by atoms with Gasteiger partial charge in [-0.2, -0.15) is 11.8 Å². The van der Waals surface area contributed by atoms with Gasteiger partial charge in [-0.3, -0.25) is 4.79 Å². The van der Waals surface area contributed by atoms with Gasteiger partial charge >= 0.3 is 0 Å². The second-order valence-corrected chi connectivity index (χ2v) is 5.48. The predicted molar refractivity (Wildman–Crippen MR) is 69.1 cm³/mol. The van der Waals surface area contributed by atoms with Crippen molar-refractivity contribution < 1.29 is 0 Å². The molecule has 88 valence electrons. The van der Waals surface area contributed by atoms with E-state index in [0.717, 1.165) is 24.9 Å². The van der Waals surface area contributed by atoms with Crippen LogP contribution in [0.15, 0.2) is 29.2 Å². The topological polar surface area (TPSA) is 34.0 Å². The number of rotatable bonds is 5. The van der Waals surface area contributed by atoms with E-state index in [1.807, 2.05) is 12.3 Å². The molecule has 16 heavy (non-hydrogen) atoms. The summed E-state index contributed by atoms with van der Waals surface area (Å²) in [5.41, 5.74) is 0.0829. The van der Waals surface area contributed by atoms with Crippen LogP contribution >= 0.6 is 11.8 Å². The Bertz CT molecular complexity index is 371. The Morgan fingerprint density at radius 3 is 3.19 bits per heavy atom. The van der Waals surface area contributed by atoms with Crippen molar-refractivity contribution in [3.8, 4) is 0 Å². The first-order valence-electron chi connectivity index (χ1n) is 5.84. The predicted octanol–water partition coefficient (Wildman–Crippen LogP) is 1.33. The molecule has 1 aromatic heterocycles. The van der Waals surface area contributed by atoms with Crippen molar-refractivity contribution >= 4 is 11.8 Å². The van der Waals surface area contributed by atoms with Crippen LogP contribution in [-0.2, 0) is 6.54 Å². The molecule has 0 aliphatic carbocycles. The van der Waals surface area contributed by atoms with Gasteiger partial charge in [-0.15, -0.1) is 0 Å². The van der Waals surface area contributed by atoms with Crippen molar-refractivity contribution in [3.05, 3.63) is 34.7 Å². The highest BCUT2D eigenvalue weighted by atomic mass is 32.2. The van der Waals surface area contributed by atoms with E-state index in [1.165, 1.54) is 18.6 Å². The molecule has 1 aliphatic rings. The molecule has 1 aromatic rings. The van der Waals surface area contributed by atoms with Gasteiger partial charge in [0.25, 0.3) is 5.56 Å². The highest BCUT2D eigenvalue weighted by Crippen LogP contribution is 2.24. The maximum Gasteiger partial charge on any atom is 0.250 e. The SMILES string of the molecule is O=c1ccccn1CCNCC1CCCS1. The van der Waals surface area contributed by atoms with Crippen LogP contribution in [-0.4, -0.2) is 28.7 Å². The van der Waals surface area contributed by atoms with Crippen LogP contribution in [0.25, 0.3) is 0 Å². The van der Waals surface area contributed by atoms with Crippen molar-refractivity contribution in [1.29, 1.82) is 0 Å². The zero-order chi connectivity index (χ0) is 11.2. The number of nitrogens with zero attached hydrogens (tertiary/aromatic N) is 1. The van der Waals surface area contributed by atoms with Crippen molar-refractivity contribution in [3.63, 3.8) is 0 Å². The minimum Gasteiger partial charge on any atom is -0.314 e. The highest BCUT2D eigenvalue weighted by Gasteiger charge is 2.14. The van der Waals surface area contributed by atoms with Gasteiger partial charge in [0.15, 0.2) is 0 Å². The van der Waals surface area contributed by atoms with Crippen molar-refractivity contribution in [2.75, 3.05) is 18.8 Å². The summed E-state index contributed by atoms with van der Waals surface area (Å²) in [6.45, 7) is 2.71. The van der Waals surface area contributed by atoms with Crippen molar-refractivity contribution in [2.24, 2.45) is 0 Å². The third-order valence-electron chi connectivity index (χ3n) is 2.82. The summed E-state index contributed by atoms with van der Waals surface area (Å²) < 4.78 is 1.74. The quantitative estimate of drug-likeness (QED) is 0.786. The molecule has 0 amide bonds. The van der Waals surface area contributed by atoms with E-state index in [0.29, 0.717) is 0 Å². The van der Waals surface area contributed by atoms with Gasteiger partial charge in [0.1, 0.15) is 0 Å². The summed E-state index contributed by atoms with van der Waals surface area (Å²) in [6, 6.07) is 5.28. The molecule has 1 N–H and O–H groups in total. The molecule has 1 saturated heterocycles. The van der Waals surface area contributed by atoms with Gasteiger partial charge < -0.3 is 9.88 Å². The Morgan fingerprint density at radius 2 is 2.44 bits per heavy atom. The lowest BCUT2D eigenvalue weighted by Crippen LogP contribution is -2.29. The Labute approximate surface area is 100 Å². The lowest BCUT2D eigenvalue weighted by Gasteiger charge is -2.10. The summed E-state index contributed by atoms with van der Waals surface area (Å²) >= 11 is 2.06. The zero-order valence-corrected chi connectivity index (χ0v) is 10.2. The fourth-order valence-electron chi connectivity index (χ4n) is 1.91. The van der Waals surface area contributed by atoms with E-state index in [9.17, 15) is 4.79 Å². The first-order valence-corrected chi connectivity index (χ1v) is 6.89. The largest absolute Gasteiger partial charge is 0.314 e. The Hall–Kier alpha value is -0.740. The second kappa shape index (κ2) is 6.11. The molecule has 4 heteroatoms. The van der Waals surface area contributed by atoms with Crippen molar-refractivity contribution in [1.82, 2.24) is 9.88 Å². The third-order valence-corrected chi connectivity index (χ3v) is 4.22. The second-order valence-electron chi connectivity index (χ2n) is 4.07.